The highest BCUT2D eigenvalue weighted by molar-refractivity contribution is 5.79. The van der Waals surface area contributed by atoms with Crippen molar-refractivity contribution in [2.45, 2.75) is 13.0 Å². The molecule has 1 fully saturated rings. The fourth-order valence-electron chi connectivity index (χ4n) is 2.30. The van der Waals surface area contributed by atoms with E-state index in [1.54, 1.807) is 19.2 Å². The molecule has 0 spiro atoms. The molecule has 110 valence electrons. The van der Waals surface area contributed by atoms with Crippen LogP contribution in [0.15, 0.2) is 29.3 Å². The van der Waals surface area contributed by atoms with Crippen molar-refractivity contribution in [2.24, 2.45) is 10.9 Å². The first-order valence-corrected chi connectivity index (χ1v) is 6.93. The summed E-state index contributed by atoms with van der Waals surface area (Å²) in [6, 6.07) is 6.55. The van der Waals surface area contributed by atoms with Crippen LogP contribution in [0.2, 0.25) is 0 Å². The maximum atomic E-state index is 12.9. The summed E-state index contributed by atoms with van der Waals surface area (Å²) in [7, 11) is 3.75. The zero-order valence-electron chi connectivity index (χ0n) is 12.1. The number of nitrogens with one attached hydrogen (secondary N) is 1. The van der Waals surface area contributed by atoms with Gasteiger partial charge in [-0.2, -0.15) is 0 Å². The molecule has 2 rings (SSSR count). The van der Waals surface area contributed by atoms with Crippen LogP contribution in [0.5, 0.6) is 0 Å². The van der Waals surface area contributed by atoms with Gasteiger partial charge in [0, 0.05) is 39.7 Å². The molecule has 1 aliphatic rings. The molecule has 4 nitrogen and oxygen atoms in total. The standard InChI is InChI=1S/C15H22FN3O/c1-17-15(18-9-13-7-8-20-11-13)19(2)10-12-3-5-14(16)6-4-12/h3-6,13H,7-11H2,1-2H3,(H,17,18). The van der Waals surface area contributed by atoms with E-state index in [1.165, 1.54) is 12.1 Å². The van der Waals surface area contributed by atoms with Crippen LogP contribution < -0.4 is 5.32 Å². The third kappa shape index (κ3) is 4.20. The lowest BCUT2D eigenvalue weighted by Crippen LogP contribution is -2.40. The number of ether oxygens (including phenoxy) is 1. The Morgan fingerprint density at radius 1 is 1.45 bits per heavy atom. The van der Waals surface area contributed by atoms with E-state index < -0.39 is 0 Å². The fourth-order valence-corrected chi connectivity index (χ4v) is 2.30. The van der Waals surface area contributed by atoms with Gasteiger partial charge in [0.25, 0.3) is 0 Å². The van der Waals surface area contributed by atoms with Crippen LogP contribution in [0.4, 0.5) is 4.39 Å². The summed E-state index contributed by atoms with van der Waals surface area (Å²) >= 11 is 0. The Morgan fingerprint density at radius 2 is 2.20 bits per heavy atom. The second-order valence-corrected chi connectivity index (χ2v) is 5.14. The van der Waals surface area contributed by atoms with E-state index in [9.17, 15) is 4.39 Å². The van der Waals surface area contributed by atoms with Crippen molar-refractivity contribution in [1.82, 2.24) is 10.2 Å². The van der Waals surface area contributed by atoms with Crippen LogP contribution >= 0.6 is 0 Å². The van der Waals surface area contributed by atoms with Crippen molar-refractivity contribution < 1.29 is 9.13 Å². The van der Waals surface area contributed by atoms with Gasteiger partial charge < -0.3 is 15.0 Å². The van der Waals surface area contributed by atoms with E-state index in [2.05, 4.69) is 10.3 Å². The van der Waals surface area contributed by atoms with Crippen molar-refractivity contribution in [3.8, 4) is 0 Å². The van der Waals surface area contributed by atoms with Gasteiger partial charge in [0.05, 0.1) is 6.61 Å². The van der Waals surface area contributed by atoms with E-state index in [0.717, 1.165) is 37.7 Å². The summed E-state index contributed by atoms with van der Waals surface area (Å²) in [5.41, 5.74) is 1.06. The number of guanidine groups is 1. The van der Waals surface area contributed by atoms with E-state index in [4.69, 9.17) is 4.74 Å². The van der Waals surface area contributed by atoms with E-state index >= 15 is 0 Å². The molecule has 0 amide bonds. The topological polar surface area (TPSA) is 36.9 Å². The highest BCUT2D eigenvalue weighted by atomic mass is 19.1. The first-order valence-electron chi connectivity index (χ1n) is 6.93. The average molecular weight is 279 g/mol. The van der Waals surface area contributed by atoms with Crippen molar-refractivity contribution >= 4 is 5.96 Å². The van der Waals surface area contributed by atoms with Crippen LogP contribution in [0.1, 0.15) is 12.0 Å². The first-order chi connectivity index (χ1) is 9.69. The summed E-state index contributed by atoms with van der Waals surface area (Å²) in [5, 5.41) is 3.36. The molecule has 1 aliphatic heterocycles. The van der Waals surface area contributed by atoms with Crippen LogP contribution in [0, 0.1) is 11.7 Å². The maximum Gasteiger partial charge on any atom is 0.193 e. The molecular weight excluding hydrogens is 257 g/mol. The van der Waals surface area contributed by atoms with Crippen molar-refractivity contribution in [1.29, 1.82) is 0 Å². The Labute approximate surface area is 119 Å². The molecule has 0 radical (unpaired) electrons. The summed E-state index contributed by atoms with van der Waals surface area (Å²) in [5.74, 6) is 1.20. The van der Waals surface area contributed by atoms with Gasteiger partial charge in [-0.1, -0.05) is 12.1 Å². The number of rotatable bonds is 4. The second-order valence-electron chi connectivity index (χ2n) is 5.14. The molecule has 0 aromatic heterocycles. The number of halogens is 1. The molecule has 1 heterocycles. The molecule has 1 atom stereocenters. The SMILES string of the molecule is CN=C(NCC1CCOC1)N(C)Cc1ccc(F)cc1. The third-order valence-electron chi connectivity index (χ3n) is 3.48. The van der Waals surface area contributed by atoms with Crippen molar-refractivity contribution in [3.63, 3.8) is 0 Å². The van der Waals surface area contributed by atoms with Crippen molar-refractivity contribution in [3.05, 3.63) is 35.6 Å². The third-order valence-corrected chi connectivity index (χ3v) is 3.48. The van der Waals surface area contributed by atoms with Gasteiger partial charge in [-0.05, 0) is 24.1 Å². The van der Waals surface area contributed by atoms with Gasteiger partial charge in [-0.15, -0.1) is 0 Å². The number of aliphatic imine (C=N–C) groups is 1. The average Bonchev–Trinajstić information content (AvgIpc) is 2.95. The lowest BCUT2D eigenvalue weighted by atomic mass is 10.1. The maximum absolute atomic E-state index is 12.9. The molecule has 5 heteroatoms. The number of nitrogens with zero attached hydrogens (tertiary/aromatic N) is 2. The van der Waals surface area contributed by atoms with Gasteiger partial charge in [-0.25, -0.2) is 4.39 Å². The van der Waals surface area contributed by atoms with Crippen LogP contribution in [0.3, 0.4) is 0 Å². The number of hydrogen-bond donors (Lipinski definition) is 1. The highest BCUT2D eigenvalue weighted by Gasteiger charge is 2.16. The quantitative estimate of drug-likeness (QED) is 0.675. The number of benzene rings is 1. The second kappa shape index (κ2) is 7.24. The minimum Gasteiger partial charge on any atom is -0.381 e. The Bertz CT molecular complexity index is 441. The molecule has 1 saturated heterocycles. The van der Waals surface area contributed by atoms with Crippen LogP contribution in [0.25, 0.3) is 0 Å². The zero-order valence-corrected chi connectivity index (χ0v) is 12.1. The molecule has 1 N–H and O–H groups in total. The molecule has 0 saturated carbocycles. The first kappa shape index (κ1) is 14.8. The Hall–Kier alpha value is -1.62. The Balaban J connectivity index is 1.84. The minimum atomic E-state index is -0.208. The molecule has 0 bridgehead atoms. The molecule has 0 aliphatic carbocycles. The lowest BCUT2D eigenvalue weighted by Gasteiger charge is -2.23. The molecule has 1 aromatic carbocycles. The van der Waals surface area contributed by atoms with Gasteiger partial charge in [-0.3, -0.25) is 4.99 Å². The summed E-state index contributed by atoms with van der Waals surface area (Å²) in [4.78, 5) is 6.31. The van der Waals surface area contributed by atoms with Gasteiger partial charge in [0.1, 0.15) is 5.82 Å². The van der Waals surface area contributed by atoms with E-state index in [0.29, 0.717) is 12.5 Å². The van der Waals surface area contributed by atoms with E-state index in [-0.39, 0.29) is 5.82 Å². The molecule has 20 heavy (non-hydrogen) atoms. The van der Waals surface area contributed by atoms with Gasteiger partial charge >= 0.3 is 0 Å². The van der Waals surface area contributed by atoms with Crippen molar-refractivity contribution in [2.75, 3.05) is 33.9 Å². The fraction of sp³-hybridized carbons (Fsp3) is 0.533. The molecule has 1 unspecified atom stereocenters. The summed E-state index contributed by atoms with van der Waals surface area (Å²) in [6.07, 6.45) is 1.10. The largest absolute Gasteiger partial charge is 0.381 e. The summed E-state index contributed by atoms with van der Waals surface area (Å²) in [6.45, 7) is 3.25. The van der Waals surface area contributed by atoms with Gasteiger partial charge in [0.15, 0.2) is 5.96 Å². The minimum absolute atomic E-state index is 0.208. The van der Waals surface area contributed by atoms with Crippen LogP contribution in [-0.4, -0.2) is 44.7 Å². The van der Waals surface area contributed by atoms with Gasteiger partial charge in [0.2, 0.25) is 0 Å². The smallest absolute Gasteiger partial charge is 0.193 e. The molecule has 1 aromatic rings. The highest BCUT2D eigenvalue weighted by Crippen LogP contribution is 2.11. The number of hydrogen-bond acceptors (Lipinski definition) is 2. The predicted octanol–water partition coefficient (Wildman–Crippen LogP) is 1.87. The normalized spacial score (nSPS) is 19.1. The molecular formula is C15H22FN3O. The Morgan fingerprint density at radius 3 is 2.80 bits per heavy atom. The monoisotopic (exact) mass is 279 g/mol. The zero-order chi connectivity index (χ0) is 14.4. The Kier molecular flexibility index (Phi) is 5.35. The van der Waals surface area contributed by atoms with Crippen LogP contribution in [-0.2, 0) is 11.3 Å². The van der Waals surface area contributed by atoms with E-state index in [1.807, 2.05) is 11.9 Å². The predicted molar refractivity (Wildman–Crippen MR) is 78.2 cm³/mol. The summed E-state index contributed by atoms with van der Waals surface area (Å²) < 4.78 is 18.2. The lowest BCUT2D eigenvalue weighted by molar-refractivity contribution is 0.186.